The lowest BCUT2D eigenvalue weighted by Crippen LogP contribution is -2.48. The fourth-order valence-electron chi connectivity index (χ4n) is 3.57. The van der Waals surface area contributed by atoms with Gasteiger partial charge in [0.25, 0.3) is 0 Å². The van der Waals surface area contributed by atoms with Crippen LogP contribution in [0.3, 0.4) is 0 Å². The summed E-state index contributed by atoms with van der Waals surface area (Å²) in [5.74, 6) is 0.208. The lowest BCUT2D eigenvalue weighted by molar-refractivity contribution is 0.178. The first kappa shape index (κ1) is 17.1. The molecule has 8 heteroatoms. The zero-order valence-corrected chi connectivity index (χ0v) is 15.3. The molecule has 7 nitrogen and oxygen atoms in total. The molecule has 0 saturated carbocycles. The van der Waals surface area contributed by atoms with Crippen molar-refractivity contribution in [3.8, 4) is 0 Å². The van der Waals surface area contributed by atoms with Crippen LogP contribution in [0, 0.1) is 0 Å². The van der Waals surface area contributed by atoms with Crippen molar-refractivity contribution in [1.82, 2.24) is 20.0 Å². The maximum absolute atomic E-state index is 12.5. The van der Waals surface area contributed by atoms with Gasteiger partial charge in [0.05, 0.1) is 36.0 Å². The molecular weight excluding hydrogens is 352 g/mol. The number of hydrogen-bond donors (Lipinski definition) is 1. The molecule has 2 amide bonds. The van der Waals surface area contributed by atoms with Gasteiger partial charge in [-0.1, -0.05) is 30.3 Å². The second kappa shape index (κ2) is 6.75. The third-order valence-corrected chi connectivity index (χ3v) is 6.69. The van der Waals surface area contributed by atoms with Crippen molar-refractivity contribution in [3.05, 3.63) is 53.3 Å². The molecule has 0 unspecified atom stereocenters. The maximum Gasteiger partial charge on any atom is 0.318 e. The number of carbonyl (C=O) groups excluding carboxylic acids is 1. The molecule has 4 rings (SSSR count). The monoisotopic (exact) mass is 374 g/mol. The minimum absolute atomic E-state index is 0.0474. The summed E-state index contributed by atoms with van der Waals surface area (Å²) in [5.41, 5.74) is 3.21. The van der Waals surface area contributed by atoms with Crippen LogP contribution in [0.4, 0.5) is 4.79 Å². The number of urea groups is 1. The van der Waals surface area contributed by atoms with Crippen LogP contribution in [-0.4, -0.2) is 53.2 Å². The van der Waals surface area contributed by atoms with E-state index >= 15 is 0 Å². The molecule has 1 aromatic carbocycles. The van der Waals surface area contributed by atoms with E-state index in [1.54, 1.807) is 4.90 Å². The Bertz CT molecular complexity index is 908. The summed E-state index contributed by atoms with van der Waals surface area (Å²) in [6, 6.07) is 11.8. The molecule has 1 saturated heterocycles. The van der Waals surface area contributed by atoms with Gasteiger partial charge in [0.2, 0.25) is 0 Å². The predicted octanol–water partition coefficient (Wildman–Crippen LogP) is 1.19. The zero-order valence-electron chi connectivity index (χ0n) is 14.5. The number of aromatic nitrogens is 2. The number of nitrogens with zero attached hydrogens (tertiary/aromatic N) is 3. The smallest absolute Gasteiger partial charge is 0.318 e. The average Bonchev–Trinajstić information content (AvgIpc) is 3.16. The van der Waals surface area contributed by atoms with Crippen LogP contribution in [0.1, 0.15) is 23.4 Å². The van der Waals surface area contributed by atoms with Crippen LogP contribution in [-0.2, 0) is 29.3 Å². The van der Waals surface area contributed by atoms with Gasteiger partial charge in [-0.25, -0.2) is 13.2 Å². The highest BCUT2D eigenvalue weighted by Gasteiger charge is 2.31. The second-order valence-electron chi connectivity index (χ2n) is 6.98. The van der Waals surface area contributed by atoms with E-state index in [4.69, 9.17) is 0 Å². The van der Waals surface area contributed by atoms with Gasteiger partial charge in [-0.2, -0.15) is 5.10 Å². The van der Waals surface area contributed by atoms with Crippen LogP contribution < -0.4 is 5.32 Å². The Labute approximate surface area is 152 Å². The van der Waals surface area contributed by atoms with Gasteiger partial charge >= 0.3 is 6.03 Å². The Hall–Kier alpha value is -2.35. The van der Waals surface area contributed by atoms with E-state index in [1.165, 1.54) is 5.56 Å². The molecule has 2 aliphatic heterocycles. The van der Waals surface area contributed by atoms with E-state index in [1.807, 2.05) is 28.9 Å². The minimum atomic E-state index is -2.99. The summed E-state index contributed by atoms with van der Waals surface area (Å²) in [6.07, 6.45) is 1.27. The molecule has 26 heavy (non-hydrogen) atoms. The van der Waals surface area contributed by atoms with Gasteiger partial charge in [-0.3, -0.25) is 4.68 Å². The summed E-state index contributed by atoms with van der Waals surface area (Å²) >= 11 is 0. The van der Waals surface area contributed by atoms with Crippen molar-refractivity contribution < 1.29 is 13.2 Å². The first-order valence-electron chi connectivity index (χ1n) is 8.84. The molecule has 138 valence electrons. The first-order valence-corrected chi connectivity index (χ1v) is 10.7. The lowest BCUT2D eigenvalue weighted by Gasteiger charge is -2.28. The standard InChI is InChI=1S/C18H22N4O3S/c23-18(19-15-6-9-26(24,25)13-15)21-7-8-22-17(12-21)11-16(20-22)10-14-4-2-1-3-5-14/h1-5,11,15H,6-10,12-13H2,(H,19,23)/t15-/m1/s1. The topological polar surface area (TPSA) is 84.3 Å². The van der Waals surface area contributed by atoms with E-state index in [0.717, 1.165) is 17.8 Å². The summed E-state index contributed by atoms with van der Waals surface area (Å²) in [7, 11) is -2.99. The van der Waals surface area contributed by atoms with Crippen LogP contribution in [0.15, 0.2) is 36.4 Å². The quantitative estimate of drug-likeness (QED) is 0.875. The highest BCUT2D eigenvalue weighted by atomic mass is 32.2. The molecular formula is C18H22N4O3S. The molecule has 1 atom stereocenters. The number of fused-ring (bicyclic) bond motifs is 1. The molecule has 1 fully saturated rings. The summed E-state index contributed by atoms with van der Waals surface area (Å²) in [4.78, 5) is 14.2. The zero-order chi connectivity index (χ0) is 18.1. The molecule has 1 aromatic heterocycles. The largest absolute Gasteiger partial charge is 0.334 e. The SMILES string of the molecule is O=C(N[C@@H]1CCS(=O)(=O)C1)N1CCn2nc(Cc3ccccc3)cc2C1. The van der Waals surface area contributed by atoms with E-state index in [-0.39, 0.29) is 23.6 Å². The average molecular weight is 374 g/mol. The predicted molar refractivity (Wildman–Crippen MR) is 97.5 cm³/mol. The number of nitrogens with one attached hydrogen (secondary N) is 1. The summed E-state index contributed by atoms with van der Waals surface area (Å²) in [5, 5.41) is 7.50. The van der Waals surface area contributed by atoms with Gasteiger partial charge in [0.1, 0.15) is 0 Å². The Balaban J connectivity index is 1.39. The Morgan fingerprint density at radius 1 is 1.23 bits per heavy atom. The summed E-state index contributed by atoms with van der Waals surface area (Å²) < 4.78 is 25.0. The van der Waals surface area contributed by atoms with Gasteiger partial charge in [0.15, 0.2) is 9.84 Å². The van der Waals surface area contributed by atoms with E-state index in [9.17, 15) is 13.2 Å². The van der Waals surface area contributed by atoms with E-state index < -0.39 is 9.84 Å². The fourth-order valence-corrected chi connectivity index (χ4v) is 5.24. The van der Waals surface area contributed by atoms with Gasteiger partial charge in [0, 0.05) is 19.0 Å². The van der Waals surface area contributed by atoms with E-state index in [2.05, 4.69) is 22.5 Å². The molecule has 2 aliphatic rings. The third kappa shape index (κ3) is 3.75. The number of sulfone groups is 1. The molecule has 2 aromatic rings. The highest BCUT2D eigenvalue weighted by molar-refractivity contribution is 7.91. The maximum atomic E-state index is 12.5. The van der Waals surface area contributed by atoms with Crippen LogP contribution in [0.2, 0.25) is 0 Å². The lowest BCUT2D eigenvalue weighted by atomic mass is 10.1. The number of benzene rings is 1. The minimum Gasteiger partial charge on any atom is -0.334 e. The van der Waals surface area contributed by atoms with Crippen molar-refractivity contribution in [2.75, 3.05) is 18.1 Å². The van der Waals surface area contributed by atoms with Crippen molar-refractivity contribution in [2.45, 2.75) is 32.0 Å². The van der Waals surface area contributed by atoms with Crippen molar-refractivity contribution in [1.29, 1.82) is 0 Å². The molecule has 0 spiro atoms. The Morgan fingerprint density at radius 3 is 2.77 bits per heavy atom. The molecule has 3 heterocycles. The van der Waals surface area contributed by atoms with Gasteiger partial charge in [-0.05, 0) is 18.1 Å². The van der Waals surface area contributed by atoms with Crippen molar-refractivity contribution in [2.24, 2.45) is 0 Å². The molecule has 0 radical (unpaired) electrons. The number of hydrogen-bond acceptors (Lipinski definition) is 4. The molecule has 0 bridgehead atoms. The number of carbonyl (C=O) groups is 1. The van der Waals surface area contributed by atoms with Crippen molar-refractivity contribution >= 4 is 15.9 Å². The fraction of sp³-hybridized carbons (Fsp3) is 0.444. The third-order valence-electron chi connectivity index (χ3n) is 4.92. The first-order chi connectivity index (χ1) is 12.5. The van der Waals surface area contributed by atoms with Gasteiger partial charge in [-0.15, -0.1) is 0 Å². The van der Waals surface area contributed by atoms with Crippen LogP contribution in [0.5, 0.6) is 0 Å². The molecule has 0 aliphatic carbocycles. The Morgan fingerprint density at radius 2 is 2.04 bits per heavy atom. The molecule has 1 N–H and O–H groups in total. The second-order valence-corrected chi connectivity index (χ2v) is 9.21. The van der Waals surface area contributed by atoms with Crippen LogP contribution in [0.25, 0.3) is 0 Å². The number of rotatable bonds is 3. The van der Waals surface area contributed by atoms with E-state index in [0.29, 0.717) is 26.1 Å². The normalized spacial score (nSPS) is 21.4. The summed E-state index contributed by atoms with van der Waals surface area (Å²) in [6.45, 7) is 1.72. The van der Waals surface area contributed by atoms with Gasteiger partial charge < -0.3 is 10.2 Å². The highest BCUT2D eigenvalue weighted by Crippen LogP contribution is 2.17. The number of amides is 2. The van der Waals surface area contributed by atoms with Crippen LogP contribution >= 0.6 is 0 Å². The Kier molecular flexibility index (Phi) is 4.44. The van der Waals surface area contributed by atoms with Crippen molar-refractivity contribution in [3.63, 3.8) is 0 Å².